The van der Waals surface area contributed by atoms with Crippen molar-refractivity contribution in [3.05, 3.63) is 52.2 Å². The predicted molar refractivity (Wildman–Crippen MR) is 105 cm³/mol. The first-order valence-corrected chi connectivity index (χ1v) is 9.59. The van der Waals surface area contributed by atoms with Gasteiger partial charge in [0.05, 0.1) is 0 Å². The minimum atomic E-state index is -1.18. The van der Waals surface area contributed by atoms with Gasteiger partial charge in [-0.25, -0.2) is 4.79 Å². The molecule has 1 atom stereocenters. The predicted octanol–water partition coefficient (Wildman–Crippen LogP) is 1.90. The van der Waals surface area contributed by atoms with Crippen LogP contribution in [0.3, 0.4) is 0 Å². The van der Waals surface area contributed by atoms with E-state index in [1.807, 2.05) is 12.3 Å². The Labute approximate surface area is 165 Å². The molecule has 5 amide bonds. The van der Waals surface area contributed by atoms with Gasteiger partial charge in [0.1, 0.15) is 6.54 Å². The number of amides is 5. The maximum Gasteiger partial charge on any atom is 0.325 e. The highest BCUT2D eigenvalue weighted by molar-refractivity contribution is 7.10. The molecule has 1 aromatic heterocycles. The van der Waals surface area contributed by atoms with Crippen LogP contribution >= 0.6 is 11.3 Å². The van der Waals surface area contributed by atoms with Crippen molar-refractivity contribution in [2.24, 2.45) is 0 Å². The van der Waals surface area contributed by atoms with Gasteiger partial charge in [-0.05, 0) is 43.5 Å². The van der Waals surface area contributed by atoms with E-state index in [0.717, 1.165) is 4.90 Å². The van der Waals surface area contributed by atoms with E-state index in [4.69, 9.17) is 0 Å². The summed E-state index contributed by atoms with van der Waals surface area (Å²) in [7, 11) is 0. The maximum absolute atomic E-state index is 12.8. The number of nitrogens with one attached hydrogen (secondary N) is 3. The van der Waals surface area contributed by atoms with Crippen LogP contribution in [0.5, 0.6) is 0 Å². The third kappa shape index (κ3) is 3.74. The molecule has 1 aliphatic rings. The summed E-state index contributed by atoms with van der Waals surface area (Å²) in [6, 6.07) is 9.37. The first-order valence-electron chi connectivity index (χ1n) is 8.71. The van der Waals surface area contributed by atoms with Crippen molar-refractivity contribution in [3.8, 4) is 0 Å². The van der Waals surface area contributed by atoms with Crippen molar-refractivity contribution in [1.82, 2.24) is 15.5 Å². The Bertz CT molecular complexity index is 928. The summed E-state index contributed by atoms with van der Waals surface area (Å²) in [5.74, 6) is -1.27. The molecule has 0 spiro atoms. The number of anilines is 1. The van der Waals surface area contributed by atoms with Crippen LogP contribution in [0.25, 0.3) is 0 Å². The molecule has 1 aromatic carbocycles. The van der Waals surface area contributed by atoms with Crippen molar-refractivity contribution in [1.29, 1.82) is 0 Å². The van der Waals surface area contributed by atoms with Gasteiger partial charge in [-0.1, -0.05) is 12.1 Å². The fraction of sp³-hybridized carbons (Fsp3) is 0.263. The van der Waals surface area contributed by atoms with Gasteiger partial charge in [-0.3, -0.25) is 19.3 Å². The molecule has 146 valence electrons. The number of hydrogen-bond donors (Lipinski definition) is 3. The summed E-state index contributed by atoms with van der Waals surface area (Å²) in [5.41, 5.74) is -0.370. The largest absolute Gasteiger partial charge is 0.352 e. The Kier molecular flexibility index (Phi) is 5.46. The second-order valence-electron chi connectivity index (χ2n) is 6.41. The van der Waals surface area contributed by atoms with E-state index >= 15 is 0 Å². The Morgan fingerprint density at radius 1 is 1.21 bits per heavy atom. The van der Waals surface area contributed by atoms with E-state index in [0.29, 0.717) is 22.7 Å². The first kappa shape index (κ1) is 19.6. The number of urea groups is 1. The number of benzene rings is 1. The van der Waals surface area contributed by atoms with Gasteiger partial charge >= 0.3 is 6.03 Å². The van der Waals surface area contributed by atoms with Crippen LogP contribution in [0.15, 0.2) is 41.8 Å². The number of thiophene rings is 1. The lowest BCUT2D eigenvalue weighted by molar-refractivity contribution is -0.133. The van der Waals surface area contributed by atoms with Crippen molar-refractivity contribution < 1.29 is 19.2 Å². The molecule has 1 aliphatic heterocycles. The SMILES string of the molecule is CCNC(=O)c1cccc(NC(=O)CN2C(=O)N[C@](C)(c3cccs3)C2=O)c1. The van der Waals surface area contributed by atoms with Crippen LogP contribution < -0.4 is 16.0 Å². The summed E-state index contributed by atoms with van der Waals surface area (Å²) in [6.45, 7) is 3.50. The molecule has 3 N–H and O–H groups in total. The molecule has 9 heteroatoms. The lowest BCUT2D eigenvalue weighted by Gasteiger charge is -2.20. The first-order chi connectivity index (χ1) is 13.3. The molecule has 0 unspecified atom stereocenters. The summed E-state index contributed by atoms with van der Waals surface area (Å²) >= 11 is 1.36. The zero-order chi connectivity index (χ0) is 20.3. The van der Waals surface area contributed by atoms with E-state index in [2.05, 4.69) is 16.0 Å². The minimum absolute atomic E-state index is 0.251. The molecule has 1 saturated heterocycles. The molecule has 2 aromatic rings. The summed E-state index contributed by atoms with van der Waals surface area (Å²) < 4.78 is 0. The van der Waals surface area contributed by atoms with Crippen LogP contribution in [0.1, 0.15) is 29.1 Å². The maximum atomic E-state index is 12.8. The average Bonchev–Trinajstić information content (AvgIpc) is 3.27. The van der Waals surface area contributed by atoms with Crippen LogP contribution in [-0.4, -0.2) is 41.7 Å². The highest BCUT2D eigenvalue weighted by Gasteiger charge is 2.50. The Balaban J connectivity index is 1.68. The zero-order valence-electron chi connectivity index (χ0n) is 15.4. The Hall–Kier alpha value is -3.20. The standard InChI is InChI=1S/C19H20N4O4S/c1-3-20-16(25)12-6-4-7-13(10-12)21-15(24)11-23-17(26)19(2,22-18(23)27)14-8-5-9-28-14/h4-10H,3,11H2,1-2H3,(H,20,25)(H,21,24)(H,22,27)/t19-/m1/s1. The van der Waals surface area contributed by atoms with Gasteiger partial charge in [0.2, 0.25) is 5.91 Å². The molecular weight excluding hydrogens is 380 g/mol. The molecule has 1 fully saturated rings. The number of rotatable bonds is 6. The van der Waals surface area contributed by atoms with E-state index in [1.165, 1.54) is 17.4 Å². The molecule has 28 heavy (non-hydrogen) atoms. The average molecular weight is 400 g/mol. The van der Waals surface area contributed by atoms with Gasteiger partial charge in [0.25, 0.3) is 11.8 Å². The molecule has 0 saturated carbocycles. The fourth-order valence-corrected chi connectivity index (χ4v) is 3.75. The Morgan fingerprint density at radius 2 is 2.00 bits per heavy atom. The van der Waals surface area contributed by atoms with E-state index in [-0.39, 0.29) is 5.91 Å². The summed E-state index contributed by atoms with van der Waals surface area (Å²) in [6.07, 6.45) is 0. The second-order valence-corrected chi connectivity index (χ2v) is 7.36. The zero-order valence-corrected chi connectivity index (χ0v) is 16.3. The smallest absolute Gasteiger partial charge is 0.325 e. The van der Waals surface area contributed by atoms with Crippen molar-refractivity contribution >= 4 is 40.8 Å². The highest BCUT2D eigenvalue weighted by Crippen LogP contribution is 2.31. The van der Waals surface area contributed by atoms with E-state index in [9.17, 15) is 19.2 Å². The summed E-state index contributed by atoms with van der Waals surface area (Å²) in [4.78, 5) is 50.9. The number of nitrogens with zero attached hydrogens (tertiary/aromatic N) is 1. The molecular formula is C19H20N4O4S. The van der Waals surface area contributed by atoms with Crippen LogP contribution in [0.4, 0.5) is 10.5 Å². The van der Waals surface area contributed by atoms with Gasteiger partial charge in [-0.15, -0.1) is 11.3 Å². The second kappa shape index (κ2) is 7.81. The highest BCUT2D eigenvalue weighted by atomic mass is 32.1. The van der Waals surface area contributed by atoms with Crippen LogP contribution in [-0.2, 0) is 15.1 Å². The number of hydrogen-bond acceptors (Lipinski definition) is 5. The van der Waals surface area contributed by atoms with Gasteiger partial charge in [0.15, 0.2) is 5.54 Å². The summed E-state index contributed by atoms with van der Waals surface area (Å²) in [5, 5.41) is 9.77. The van der Waals surface area contributed by atoms with Crippen LogP contribution in [0, 0.1) is 0 Å². The van der Waals surface area contributed by atoms with Gasteiger partial charge in [-0.2, -0.15) is 0 Å². The molecule has 0 bridgehead atoms. The number of carbonyl (C=O) groups is 4. The van der Waals surface area contributed by atoms with E-state index in [1.54, 1.807) is 37.3 Å². The molecule has 2 heterocycles. The third-order valence-electron chi connectivity index (χ3n) is 4.34. The fourth-order valence-electron chi connectivity index (χ4n) is 2.92. The third-order valence-corrected chi connectivity index (χ3v) is 5.43. The lowest BCUT2D eigenvalue weighted by atomic mass is 10.0. The van der Waals surface area contributed by atoms with Crippen LogP contribution in [0.2, 0.25) is 0 Å². The topological polar surface area (TPSA) is 108 Å². The normalized spacial score (nSPS) is 18.7. The molecule has 3 rings (SSSR count). The molecule has 0 radical (unpaired) electrons. The molecule has 0 aliphatic carbocycles. The van der Waals surface area contributed by atoms with Crippen molar-refractivity contribution in [2.75, 3.05) is 18.4 Å². The quantitative estimate of drug-likeness (QED) is 0.644. The monoisotopic (exact) mass is 400 g/mol. The van der Waals surface area contributed by atoms with Gasteiger partial charge in [0, 0.05) is 22.7 Å². The van der Waals surface area contributed by atoms with E-state index < -0.39 is 29.9 Å². The minimum Gasteiger partial charge on any atom is -0.352 e. The Morgan fingerprint density at radius 3 is 2.68 bits per heavy atom. The van der Waals surface area contributed by atoms with Crippen molar-refractivity contribution in [3.63, 3.8) is 0 Å². The molecule has 8 nitrogen and oxygen atoms in total. The number of imide groups is 1. The number of carbonyl (C=O) groups excluding carboxylic acids is 4. The van der Waals surface area contributed by atoms with Gasteiger partial charge < -0.3 is 16.0 Å². The van der Waals surface area contributed by atoms with Crippen molar-refractivity contribution in [2.45, 2.75) is 19.4 Å². The lowest BCUT2D eigenvalue weighted by Crippen LogP contribution is -2.41.